The predicted molar refractivity (Wildman–Crippen MR) is 58.7 cm³/mol. The number of nitrogens with zero attached hydrogens (tertiary/aromatic N) is 2. The van der Waals surface area contributed by atoms with Gasteiger partial charge in [-0.1, -0.05) is 19.0 Å². The minimum atomic E-state index is -0.496. The standard InChI is InChI=1S/C11H19N3O2/c1-3-11(12,4-2)10-13-9(14-16-10)8-6-5-7-15-8/h8H,3-7,12H2,1-2H3. The molecule has 1 saturated heterocycles. The topological polar surface area (TPSA) is 74.2 Å². The van der Waals surface area contributed by atoms with Gasteiger partial charge < -0.3 is 15.0 Å². The van der Waals surface area contributed by atoms with Crippen molar-refractivity contribution in [1.29, 1.82) is 0 Å². The highest BCUT2D eigenvalue weighted by Crippen LogP contribution is 2.29. The summed E-state index contributed by atoms with van der Waals surface area (Å²) < 4.78 is 10.8. The smallest absolute Gasteiger partial charge is 0.246 e. The van der Waals surface area contributed by atoms with Gasteiger partial charge in [0, 0.05) is 6.61 Å². The van der Waals surface area contributed by atoms with E-state index in [9.17, 15) is 0 Å². The van der Waals surface area contributed by atoms with Crippen molar-refractivity contribution >= 4 is 0 Å². The number of rotatable bonds is 4. The molecule has 90 valence electrons. The first kappa shape index (κ1) is 11.5. The summed E-state index contributed by atoms with van der Waals surface area (Å²) in [5.41, 5.74) is 5.70. The molecule has 0 amide bonds. The van der Waals surface area contributed by atoms with Gasteiger partial charge in [0.15, 0.2) is 0 Å². The van der Waals surface area contributed by atoms with Crippen molar-refractivity contribution in [3.63, 3.8) is 0 Å². The van der Waals surface area contributed by atoms with Crippen LogP contribution < -0.4 is 5.73 Å². The third-order valence-electron chi connectivity index (χ3n) is 3.35. The Kier molecular flexibility index (Phi) is 3.25. The van der Waals surface area contributed by atoms with Crippen LogP contribution >= 0.6 is 0 Å². The summed E-state index contributed by atoms with van der Waals surface area (Å²) in [6.07, 6.45) is 3.60. The van der Waals surface area contributed by atoms with E-state index in [0.29, 0.717) is 11.7 Å². The Hall–Kier alpha value is -0.940. The second-order valence-corrected chi connectivity index (χ2v) is 4.32. The number of aromatic nitrogens is 2. The van der Waals surface area contributed by atoms with Crippen LogP contribution in [-0.4, -0.2) is 16.7 Å². The van der Waals surface area contributed by atoms with Crippen molar-refractivity contribution in [3.05, 3.63) is 11.7 Å². The Bertz CT molecular complexity index is 341. The highest BCUT2D eigenvalue weighted by molar-refractivity contribution is 5.03. The molecule has 5 heteroatoms. The van der Waals surface area contributed by atoms with E-state index in [1.54, 1.807) is 0 Å². The summed E-state index contributed by atoms with van der Waals surface area (Å²) in [6.45, 7) is 4.84. The van der Waals surface area contributed by atoms with E-state index in [-0.39, 0.29) is 6.10 Å². The molecule has 16 heavy (non-hydrogen) atoms. The summed E-state index contributed by atoms with van der Waals surface area (Å²) in [7, 11) is 0. The van der Waals surface area contributed by atoms with E-state index >= 15 is 0 Å². The third kappa shape index (κ3) is 1.97. The maximum atomic E-state index is 6.19. The monoisotopic (exact) mass is 225 g/mol. The lowest BCUT2D eigenvalue weighted by Crippen LogP contribution is -2.35. The van der Waals surface area contributed by atoms with Gasteiger partial charge in [0.2, 0.25) is 11.7 Å². The van der Waals surface area contributed by atoms with Crippen molar-refractivity contribution in [2.75, 3.05) is 6.61 Å². The summed E-state index contributed by atoms with van der Waals surface area (Å²) in [4.78, 5) is 4.38. The average molecular weight is 225 g/mol. The largest absolute Gasteiger partial charge is 0.370 e. The zero-order chi connectivity index (χ0) is 11.6. The van der Waals surface area contributed by atoms with Crippen LogP contribution in [0.3, 0.4) is 0 Å². The molecule has 1 fully saturated rings. The van der Waals surface area contributed by atoms with E-state index in [1.165, 1.54) is 0 Å². The third-order valence-corrected chi connectivity index (χ3v) is 3.35. The molecule has 0 bridgehead atoms. The second-order valence-electron chi connectivity index (χ2n) is 4.32. The lowest BCUT2D eigenvalue weighted by molar-refractivity contribution is 0.103. The van der Waals surface area contributed by atoms with Gasteiger partial charge in [-0.05, 0) is 25.7 Å². The van der Waals surface area contributed by atoms with Crippen molar-refractivity contribution < 1.29 is 9.26 Å². The predicted octanol–water partition coefficient (Wildman–Crippen LogP) is 1.90. The van der Waals surface area contributed by atoms with Gasteiger partial charge in [-0.3, -0.25) is 0 Å². The first-order valence-electron chi connectivity index (χ1n) is 5.94. The Labute approximate surface area is 95.3 Å². The van der Waals surface area contributed by atoms with Crippen molar-refractivity contribution in [3.8, 4) is 0 Å². The zero-order valence-corrected chi connectivity index (χ0v) is 9.90. The molecular weight excluding hydrogens is 206 g/mol. The van der Waals surface area contributed by atoms with Crippen molar-refractivity contribution in [2.45, 2.75) is 51.2 Å². The molecule has 0 aliphatic carbocycles. The van der Waals surface area contributed by atoms with Gasteiger partial charge in [-0.25, -0.2) is 0 Å². The first-order chi connectivity index (χ1) is 7.69. The van der Waals surface area contributed by atoms with Crippen LogP contribution in [0.5, 0.6) is 0 Å². The molecule has 1 aliphatic heterocycles. The average Bonchev–Trinajstić information content (AvgIpc) is 2.97. The maximum Gasteiger partial charge on any atom is 0.246 e. The molecule has 1 aromatic heterocycles. The molecule has 0 radical (unpaired) electrons. The quantitative estimate of drug-likeness (QED) is 0.847. The number of nitrogens with two attached hydrogens (primary N) is 1. The molecule has 2 rings (SSSR count). The molecule has 2 N–H and O–H groups in total. The van der Waals surface area contributed by atoms with Crippen LogP contribution in [0.4, 0.5) is 0 Å². The fraction of sp³-hybridized carbons (Fsp3) is 0.818. The highest BCUT2D eigenvalue weighted by Gasteiger charge is 2.32. The van der Waals surface area contributed by atoms with Crippen LogP contribution in [0.15, 0.2) is 4.52 Å². The molecule has 5 nitrogen and oxygen atoms in total. The molecule has 1 aliphatic rings. The summed E-state index contributed by atoms with van der Waals surface area (Å²) >= 11 is 0. The lowest BCUT2D eigenvalue weighted by Gasteiger charge is -2.20. The highest BCUT2D eigenvalue weighted by atomic mass is 16.5. The number of ether oxygens (including phenoxy) is 1. The van der Waals surface area contributed by atoms with Crippen LogP contribution in [0.2, 0.25) is 0 Å². The van der Waals surface area contributed by atoms with Gasteiger partial charge in [0.05, 0.1) is 5.54 Å². The molecule has 0 saturated carbocycles. The number of hydrogen-bond donors (Lipinski definition) is 1. The molecular formula is C11H19N3O2. The van der Waals surface area contributed by atoms with Gasteiger partial charge in [0.1, 0.15) is 6.10 Å². The van der Waals surface area contributed by atoms with Crippen molar-refractivity contribution in [2.24, 2.45) is 5.73 Å². The molecule has 2 heterocycles. The van der Waals surface area contributed by atoms with E-state index in [1.807, 2.05) is 13.8 Å². The molecule has 0 spiro atoms. The van der Waals surface area contributed by atoms with Gasteiger partial charge in [-0.2, -0.15) is 4.98 Å². The second kappa shape index (κ2) is 4.51. The van der Waals surface area contributed by atoms with E-state index in [4.69, 9.17) is 15.0 Å². The number of hydrogen-bond acceptors (Lipinski definition) is 5. The maximum absolute atomic E-state index is 6.19. The normalized spacial score (nSPS) is 21.6. The minimum absolute atomic E-state index is 0.00420. The summed E-state index contributed by atoms with van der Waals surface area (Å²) in [5, 5.41) is 3.97. The minimum Gasteiger partial charge on any atom is -0.370 e. The fourth-order valence-corrected chi connectivity index (χ4v) is 1.90. The van der Waals surface area contributed by atoms with E-state index < -0.39 is 5.54 Å². The SMILES string of the molecule is CCC(N)(CC)c1nc(C2CCCO2)no1. The molecule has 1 atom stereocenters. The van der Waals surface area contributed by atoms with Crippen LogP contribution in [-0.2, 0) is 10.3 Å². The Morgan fingerprint density at radius 3 is 2.75 bits per heavy atom. The Morgan fingerprint density at radius 1 is 1.44 bits per heavy atom. The zero-order valence-electron chi connectivity index (χ0n) is 9.90. The molecule has 0 aromatic carbocycles. The molecule has 1 unspecified atom stereocenters. The van der Waals surface area contributed by atoms with Gasteiger partial charge in [0.25, 0.3) is 0 Å². The van der Waals surface area contributed by atoms with Gasteiger partial charge >= 0.3 is 0 Å². The van der Waals surface area contributed by atoms with Crippen LogP contribution in [0.1, 0.15) is 57.3 Å². The Morgan fingerprint density at radius 2 is 2.19 bits per heavy atom. The fourth-order valence-electron chi connectivity index (χ4n) is 1.90. The van der Waals surface area contributed by atoms with E-state index in [2.05, 4.69) is 10.1 Å². The summed E-state index contributed by atoms with van der Waals surface area (Å²) in [6, 6.07) is 0. The van der Waals surface area contributed by atoms with Crippen LogP contribution in [0.25, 0.3) is 0 Å². The van der Waals surface area contributed by atoms with Gasteiger partial charge in [-0.15, -0.1) is 0 Å². The van der Waals surface area contributed by atoms with Crippen LogP contribution in [0, 0.1) is 0 Å². The summed E-state index contributed by atoms with van der Waals surface area (Å²) in [5.74, 6) is 1.17. The first-order valence-corrected chi connectivity index (χ1v) is 5.94. The lowest BCUT2D eigenvalue weighted by atomic mass is 9.94. The van der Waals surface area contributed by atoms with E-state index in [0.717, 1.165) is 32.3 Å². The molecule has 1 aromatic rings. The van der Waals surface area contributed by atoms with Crippen molar-refractivity contribution in [1.82, 2.24) is 10.1 Å². The Balaban J connectivity index is 2.17.